The summed E-state index contributed by atoms with van der Waals surface area (Å²) in [4.78, 5) is 2.28. The van der Waals surface area contributed by atoms with Crippen molar-refractivity contribution < 1.29 is 0 Å². The van der Waals surface area contributed by atoms with E-state index in [1.165, 1.54) is 37.7 Å². The predicted molar refractivity (Wildman–Crippen MR) is 86.9 cm³/mol. The molecule has 1 aromatic rings. The van der Waals surface area contributed by atoms with Crippen LogP contribution >= 0.6 is 0 Å². The van der Waals surface area contributed by atoms with Gasteiger partial charge in [-0.25, -0.2) is 0 Å². The van der Waals surface area contributed by atoms with E-state index in [1.807, 2.05) is 0 Å². The average Bonchev–Trinajstić information content (AvgIpc) is 2.48. The molecule has 1 aliphatic rings. The highest BCUT2D eigenvalue weighted by atomic mass is 15.1. The van der Waals surface area contributed by atoms with Gasteiger partial charge in [0.15, 0.2) is 0 Å². The molecule has 1 aromatic carbocycles. The van der Waals surface area contributed by atoms with Crippen molar-refractivity contribution in [1.29, 1.82) is 0 Å². The molecule has 0 bridgehead atoms. The van der Waals surface area contributed by atoms with Gasteiger partial charge in [0.2, 0.25) is 0 Å². The Morgan fingerprint density at radius 3 is 2.30 bits per heavy atom. The van der Waals surface area contributed by atoms with Crippen LogP contribution in [0.15, 0.2) is 30.3 Å². The maximum atomic E-state index is 3.91. The normalized spacial score (nSPS) is 24.8. The third-order valence-corrected chi connectivity index (χ3v) is 4.61. The van der Waals surface area contributed by atoms with E-state index in [2.05, 4.69) is 61.6 Å². The van der Waals surface area contributed by atoms with Gasteiger partial charge in [0, 0.05) is 18.6 Å². The average molecular weight is 274 g/mol. The van der Waals surface area contributed by atoms with Crippen molar-refractivity contribution in [3.8, 4) is 0 Å². The molecule has 0 heterocycles. The second-order valence-corrected chi connectivity index (χ2v) is 6.52. The van der Waals surface area contributed by atoms with Gasteiger partial charge in [-0.1, -0.05) is 43.7 Å². The van der Waals surface area contributed by atoms with Crippen molar-refractivity contribution >= 4 is 0 Å². The second kappa shape index (κ2) is 7.80. The number of hydrogen-bond donors (Lipinski definition) is 1. The highest BCUT2D eigenvalue weighted by Crippen LogP contribution is 2.28. The van der Waals surface area contributed by atoms with E-state index < -0.39 is 0 Å². The quantitative estimate of drug-likeness (QED) is 0.847. The van der Waals surface area contributed by atoms with Gasteiger partial charge in [-0.2, -0.15) is 0 Å². The van der Waals surface area contributed by atoms with Gasteiger partial charge in [-0.05, 0) is 51.3 Å². The number of hydrogen-bond acceptors (Lipinski definition) is 2. The summed E-state index contributed by atoms with van der Waals surface area (Å²) >= 11 is 0. The summed E-state index contributed by atoms with van der Waals surface area (Å²) in [6.45, 7) is 3.40. The number of likely N-dealkylation sites (N-methyl/N-ethyl adjacent to an activating group) is 1. The molecule has 0 aromatic heterocycles. The Kier molecular flexibility index (Phi) is 6.06. The van der Waals surface area contributed by atoms with E-state index in [-0.39, 0.29) is 0 Å². The minimum Gasteiger partial charge on any atom is -0.308 e. The lowest BCUT2D eigenvalue weighted by atomic mass is 9.84. The number of nitrogens with zero attached hydrogens (tertiary/aromatic N) is 1. The number of benzene rings is 1. The van der Waals surface area contributed by atoms with Crippen molar-refractivity contribution in [2.45, 2.75) is 51.1 Å². The Labute approximate surface area is 124 Å². The van der Waals surface area contributed by atoms with Gasteiger partial charge in [-0.3, -0.25) is 0 Å². The Balaban J connectivity index is 1.95. The molecule has 112 valence electrons. The third kappa shape index (κ3) is 4.60. The third-order valence-electron chi connectivity index (χ3n) is 4.61. The van der Waals surface area contributed by atoms with E-state index in [9.17, 15) is 0 Å². The van der Waals surface area contributed by atoms with E-state index in [4.69, 9.17) is 0 Å². The molecule has 1 fully saturated rings. The van der Waals surface area contributed by atoms with Gasteiger partial charge in [0.1, 0.15) is 0 Å². The number of nitrogens with one attached hydrogen (secondary N) is 1. The zero-order chi connectivity index (χ0) is 14.4. The van der Waals surface area contributed by atoms with Gasteiger partial charge in [-0.15, -0.1) is 0 Å². The summed E-state index contributed by atoms with van der Waals surface area (Å²) in [5.41, 5.74) is 1.42. The Hall–Kier alpha value is -0.860. The molecule has 1 N–H and O–H groups in total. The van der Waals surface area contributed by atoms with Crippen LogP contribution in [0.1, 0.15) is 50.6 Å². The van der Waals surface area contributed by atoms with Crippen LogP contribution in [0.25, 0.3) is 0 Å². The molecular weight excluding hydrogens is 244 g/mol. The standard InChI is InChI=1S/C18H30N2/c1-4-15-10-12-17(13-11-15)19-18(14-20(2)3)16-8-6-5-7-9-16/h5-9,15,17-19H,4,10-14H2,1-3H3. The Bertz CT molecular complexity index is 366. The SMILES string of the molecule is CCC1CCC(NC(CN(C)C)c2ccccc2)CC1. The maximum absolute atomic E-state index is 3.91. The molecule has 0 amide bonds. The zero-order valence-electron chi connectivity index (χ0n) is 13.3. The van der Waals surface area contributed by atoms with Crippen LogP contribution in [0.2, 0.25) is 0 Å². The largest absolute Gasteiger partial charge is 0.308 e. The van der Waals surface area contributed by atoms with Crippen LogP contribution in [0.5, 0.6) is 0 Å². The van der Waals surface area contributed by atoms with E-state index in [1.54, 1.807) is 0 Å². The molecule has 1 aliphatic carbocycles. The molecule has 0 spiro atoms. The molecule has 0 aliphatic heterocycles. The Morgan fingerprint density at radius 2 is 1.75 bits per heavy atom. The molecule has 20 heavy (non-hydrogen) atoms. The van der Waals surface area contributed by atoms with Gasteiger partial charge in [0.25, 0.3) is 0 Å². The first-order valence-corrected chi connectivity index (χ1v) is 8.14. The Morgan fingerprint density at radius 1 is 1.10 bits per heavy atom. The van der Waals surface area contributed by atoms with Crippen LogP contribution < -0.4 is 5.32 Å². The first kappa shape index (κ1) is 15.5. The van der Waals surface area contributed by atoms with Gasteiger partial charge < -0.3 is 10.2 Å². The van der Waals surface area contributed by atoms with Crippen molar-refractivity contribution in [1.82, 2.24) is 10.2 Å². The predicted octanol–water partition coefficient (Wildman–Crippen LogP) is 3.85. The van der Waals surface area contributed by atoms with E-state index in [0.717, 1.165) is 12.5 Å². The summed E-state index contributed by atoms with van der Waals surface area (Å²) in [6, 6.07) is 12.0. The molecule has 1 saturated carbocycles. The molecule has 1 atom stereocenters. The van der Waals surface area contributed by atoms with Crippen molar-refractivity contribution in [2.24, 2.45) is 5.92 Å². The van der Waals surface area contributed by atoms with Crippen LogP contribution in [-0.4, -0.2) is 31.6 Å². The van der Waals surface area contributed by atoms with E-state index in [0.29, 0.717) is 12.1 Å². The molecule has 2 rings (SSSR count). The summed E-state index contributed by atoms with van der Waals surface area (Å²) < 4.78 is 0. The molecule has 2 heteroatoms. The van der Waals surface area contributed by atoms with Crippen LogP contribution in [0.3, 0.4) is 0 Å². The molecule has 0 saturated heterocycles. The first-order valence-electron chi connectivity index (χ1n) is 8.14. The van der Waals surface area contributed by atoms with Crippen molar-refractivity contribution in [3.05, 3.63) is 35.9 Å². The van der Waals surface area contributed by atoms with Crippen LogP contribution in [0.4, 0.5) is 0 Å². The molecule has 2 nitrogen and oxygen atoms in total. The maximum Gasteiger partial charge on any atom is 0.0451 e. The lowest BCUT2D eigenvalue weighted by Gasteiger charge is -2.33. The van der Waals surface area contributed by atoms with E-state index >= 15 is 0 Å². The highest BCUT2D eigenvalue weighted by Gasteiger charge is 2.23. The summed E-state index contributed by atoms with van der Waals surface area (Å²) in [5, 5.41) is 3.91. The molecule has 1 unspecified atom stereocenters. The lowest BCUT2D eigenvalue weighted by molar-refractivity contribution is 0.248. The first-order chi connectivity index (χ1) is 9.69. The molecular formula is C18H30N2. The summed E-state index contributed by atoms with van der Waals surface area (Å²) in [5.74, 6) is 0.970. The van der Waals surface area contributed by atoms with Gasteiger partial charge >= 0.3 is 0 Å². The lowest BCUT2D eigenvalue weighted by Crippen LogP contribution is -2.40. The fraction of sp³-hybridized carbons (Fsp3) is 0.667. The van der Waals surface area contributed by atoms with Crippen molar-refractivity contribution in [3.63, 3.8) is 0 Å². The smallest absolute Gasteiger partial charge is 0.0451 e. The fourth-order valence-electron chi connectivity index (χ4n) is 3.33. The van der Waals surface area contributed by atoms with Crippen LogP contribution in [0, 0.1) is 5.92 Å². The molecule has 0 radical (unpaired) electrons. The topological polar surface area (TPSA) is 15.3 Å². The minimum absolute atomic E-state index is 0.453. The number of rotatable bonds is 6. The minimum atomic E-state index is 0.453. The van der Waals surface area contributed by atoms with Gasteiger partial charge in [0.05, 0.1) is 0 Å². The second-order valence-electron chi connectivity index (χ2n) is 6.52. The fourth-order valence-corrected chi connectivity index (χ4v) is 3.33. The zero-order valence-corrected chi connectivity index (χ0v) is 13.3. The summed E-state index contributed by atoms with van der Waals surface area (Å²) in [7, 11) is 4.32. The highest BCUT2D eigenvalue weighted by molar-refractivity contribution is 5.19. The monoisotopic (exact) mass is 274 g/mol. The summed E-state index contributed by atoms with van der Waals surface area (Å²) in [6.07, 6.45) is 6.84. The van der Waals surface area contributed by atoms with Crippen LogP contribution in [-0.2, 0) is 0 Å². The van der Waals surface area contributed by atoms with Crippen molar-refractivity contribution in [2.75, 3.05) is 20.6 Å².